The quantitative estimate of drug-likeness (QED) is 0.609. The van der Waals surface area contributed by atoms with Crippen molar-refractivity contribution in [3.8, 4) is 0 Å². The van der Waals surface area contributed by atoms with Crippen LogP contribution in [0.3, 0.4) is 0 Å². The van der Waals surface area contributed by atoms with Gasteiger partial charge in [0.1, 0.15) is 0 Å². The van der Waals surface area contributed by atoms with Gasteiger partial charge in [0.2, 0.25) is 0 Å². The van der Waals surface area contributed by atoms with Gasteiger partial charge in [-0.3, -0.25) is 0 Å². The van der Waals surface area contributed by atoms with Gasteiger partial charge in [-0.25, -0.2) is 0 Å². The van der Waals surface area contributed by atoms with E-state index in [0.29, 0.717) is 12.0 Å². The predicted molar refractivity (Wildman–Crippen MR) is 68.7 cm³/mol. The van der Waals surface area contributed by atoms with Crippen molar-refractivity contribution in [1.82, 2.24) is 0 Å². The second-order valence-corrected chi connectivity index (χ2v) is 5.45. The maximum Gasteiger partial charge on any atom is 0.458 e. The molecule has 1 rings (SSSR count). The fourth-order valence-corrected chi connectivity index (χ4v) is 2.19. The number of nitrogen functional groups attached to an aromatic ring is 1. The number of benzene rings is 1. The van der Waals surface area contributed by atoms with Gasteiger partial charge in [0.25, 0.3) is 0 Å². The first kappa shape index (κ1) is 16.7. The third-order valence-electron chi connectivity index (χ3n) is 3.16. The van der Waals surface area contributed by atoms with E-state index in [-0.39, 0.29) is 17.5 Å². The van der Waals surface area contributed by atoms with Crippen LogP contribution in [0.25, 0.3) is 0 Å². The van der Waals surface area contributed by atoms with Crippen molar-refractivity contribution in [2.75, 3.05) is 5.73 Å². The Bertz CT molecular complexity index is 465. The molecule has 2 N–H and O–H groups in total. The Labute approximate surface area is 115 Å². The van der Waals surface area contributed by atoms with Gasteiger partial charge in [-0.05, 0) is 36.0 Å². The molecule has 0 aliphatic carbocycles. The summed E-state index contributed by atoms with van der Waals surface area (Å²) in [6.45, 7) is 5.66. The molecule has 114 valence electrons. The van der Waals surface area contributed by atoms with Gasteiger partial charge in [0.15, 0.2) is 0 Å². The number of rotatable bonds is 4. The van der Waals surface area contributed by atoms with Crippen LogP contribution >= 0.6 is 0 Å². The van der Waals surface area contributed by atoms with Crippen LogP contribution in [-0.4, -0.2) is 6.18 Å². The highest BCUT2D eigenvalue weighted by Gasteiger charge is 2.58. The molecule has 0 fully saturated rings. The fraction of sp³-hybridized carbons (Fsp3) is 0.571. The molecular weight excluding hydrogens is 277 g/mol. The highest BCUT2D eigenvalue weighted by molar-refractivity contribution is 5.51. The summed E-state index contributed by atoms with van der Waals surface area (Å²) in [6.07, 6.45) is -4.95. The molecule has 1 aromatic rings. The fourth-order valence-electron chi connectivity index (χ4n) is 2.19. The number of halogens is 5. The zero-order chi connectivity index (χ0) is 15.7. The predicted octanol–water partition coefficient (Wildman–Crippen LogP) is 5.07. The van der Waals surface area contributed by atoms with Gasteiger partial charge in [-0.1, -0.05) is 26.8 Å². The summed E-state index contributed by atoms with van der Waals surface area (Å²) in [5.41, 5.74) is 5.20. The number of anilines is 1. The lowest BCUT2D eigenvalue weighted by Crippen LogP contribution is -2.33. The molecule has 0 saturated carbocycles. The second-order valence-electron chi connectivity index (χ2n) is 5.45. The van der Waals surface area contributed by atoms with E-state index in [1.165, 1.54) is 0 Å². The van der Waals surface area contributed by atoms with Crippen LogP contribution in [0.15, 0.2) is 18.2 Å². The Balaban J connectivity index is 3.21. The van der Waals surface area contributed by atoms with Crippen molar-refractivity contribution in [1.29, 1.82) is 0 Å². The molecule has 0 amide bonds. The lowest BCUT2D eigenvalue weighted by Gasteiger charge is -2.23. The first-order valence-corrected chi connectivity index (χ1v) is 6.31. The zero-order valence-electron chi connectivity index (χ0n) is 11.6. The summed E-state index contributed by atoms with van der Waals surface area (Å²) >= 11 is 0. The number of hydrogen-bond acceptors (Lipinski definition) is 1. The SMILES string of the molecule is CC(C)CC(C)c1cc(C(F)(F)C(F)(F)F)ccc1N. The minimum Gasteiger partial charge on any atom is -0.398 e. The summed E-state index contributed by atoms with van der Waals surface area (Å²) < 4.78 is 63.8. The molecule has 0 saturated heterocycles. The van der Waals surface area contributed by atoms with Gasteiger partial charge < -0.3 is 5.73 Å². The van der Waals surface area contributed by atoms with Crippen LogP contribution in [0.2, 0.25) is 0 Å². The van der Waals surface area contributed by atoms with Crippen LogP contribution < -0.4 is 5.73 Å². The summed E-state index contributed by atoms with van der Waals surface area (Å²) in [6, 6.07) is 2.71. The largest absolute Gasteiger partial charge is 0.458 e. The van der Waals surface area contributed by atoms with Crippen LogP contribution in [0, 0.1) is 5.92 Å². The van der Waals surface area contributed by atoms with Crippen LogP contribution in [0.5, 0.6) is 0 Å². The Morgan fingerprint density at radius 2 is 1.60 bits per heavy atom. The van der Waals surface area contributed by atoms with Crippen LogP contribution in [-0.2, 0) is 5.92 Å². The first-order chi connectivity index (χ1) is 8.96. The van der Waals surface area contributed by atoms with Crippen LogP contribution in [0.4, 0.5) is 27.6 Å². The number of hydrogen-bond donors (Lipinski definition) is 1. The summed E-state index contributed by atoms with van der Waals surface area (Å²) in [5, 5.41) is 0. The van der Waals surface area contributed by atoms with E-state index in [1.54, 1.807) is 6.92 Å². The van der Waals surface area contributed by atoms with Crippen molar-refractivity contribution < 1.29 is 22.0 Å². The zero-order valence-corrected chi connectivity index (χ0v) is 11.6. The molecule has 0 bridgehead atoms. The van der Waals surface area contributed by atoms with Crippen LogP contribution in [0.1, 0.15) is 44.2 Å². The van der Waals surface area contributed by atoms with E-state index in [9.17, 15) is 22.0 Å². The Morgan fingerprint density at radius 1 is 1.05 bits per heavy atom. The van der Waals surface area contributed by atoms with Gasteiger partial charge in [0, 0.05) is 11.3 Å². The molecule has 0 heterocycles. The Hall–Kier alpha value is -1.33. The van der Waals surface area contributed by atoms with Crippen molar-refractivity contribution in [2.45, 2.75) is 45.2 Å². The molecule has 1 unspecified atom stereocenters. The van der Waals surface area contributed by atoms with Crippen molar-refractivity contribution in [3.05, 3.63) is 29.3 Å². The van der Waals surface area contributed by atoms with Gasteiger partial charge in [-0.15, -0.1) is 0 Å². The third kappa shape index (κ3) is 3.41. The van der Waals surface area contributed by atoms with E-state index in [2.05, 4.69) is 0 Å². The first-order valence-electron chi connectivity index (χ1n) is 6.31. The minimum absolute atomic E-state index is 0.181. The maximum atomic E-state index is 13.3. The monoisotopic (exact) mass is 295 g/mol. The molecular formula is C14H18F5N. The Morgan fingerprint density at radius 3 is 2.05 bits per heavy atom. The summed E-state index contributed by atoms with van der Waals surface area (Å²) in [7, 11) is 0. The molecule has 1 aromatic carbocycles. The van der Waals surface area contributed by atoms with E-state index in [1.807, 2.05) is 13.8 Å². The molecule has 0 aliphatic heterocycles. The normalized spacial score (nSPS) is 14.7. The van der Waals surface area contributed by atoms with Crippen molar-refractivity contribution >= 4 is 5.69 Å². The number of nitrogens with two attached hydrogens (primary N) is 1. The molecule has 0 spiro atoms. The highest BCUT2D eigenvalue weighted by Crippen LogP contribution is 2.45. The third-order valence-corrected chi connectivity index (χ3v) is 3.16. The van der Waals surface area contributed by atoms with E-state index >= 15 is 0 Å². The molecule has 1 atom stereocenters. The molecule has 0 aliphatic rings. The molecule has 6 heteroatoms. The van der Waals surface area contributed by atoms with E-state index in [0.717, 1.165) is 18.2 Å². The van der Waals surface area contributed by atoms with E-state index in [4.69, 9.17) is 5.73 Å². The molecule has 20 heavy (non-hydrogen) atoms. The lowest BCUT2D eigenvalue weighted by atomic mass is 9.89. The number of alkyl halides is 5. The van der Waals surface area contributed by atoms with Crippen molar-refractivity contribution in [3.63, 3.8) is 0 Å². The maximum absolute atomic E-state index is 13.3. The van der Waals surface area contributed by atoms with Gasteiger partial charge in [0.05, 0.1) is 0 Å². The van der Waals surface area contributed by atoms with Gasteiger partial charge >= 0.3 is 12.1 Å². The summed E-state index contributed by atoms with van der Waals surface area (Å²) in [5.74, 6) is -4.76. The lowest BCUT2D eigenvalue weighted by molar-refractivity contribution is -0.289. The van der Waals surface area contributed by atoms with Gasteiger partial charge in [-0.2, -0.15) is 22.0 Å². The van der Waals surface area contributed by atoms with Crippen molar-refractivity contribution in [2.24, 2.45) is 5.92 Å². The average Bonchev–Trinajstić information content (AvgIpc) is 2.26. The molecule has 0 aromatic heterocycles. The smallest absolute Gasteiger partial charge is 0.398 e. The second kappa shape index (κ2) is 5.58. The Kier molecular flexibility index (Phi) is 4.66. The summed E-state index contributed by atoms with van der Waals surface area (Å²) in [4.78, 5) is 0. The average molecular weight is 295 g/mol. The highest BCUT2D eigenvalue weighted by atomic mass is 19.4. The minimum atomic E-state index is -5.61. The molecule has 0 radical (unpaired) electrons. The van der Waals surface area contributed by atoms with E-state index < -0.39 is 17.7 Å². The topological polar surface area (TPSA) is 26.0 Å². The standard InChI is InChI=1S/C14H18F5N/c1-8(2)6-9(3)11-7-10(4-5-12(11)20)13(15,16)14(17,18)19/h4-5,7-9H,6,20H2,1-3H3. The molecule has 1 nitrogen and oxygen atoms in total.